The molecule has 96 valence electrons. The van der Waals surface area contributed by atoms with Gasteiger partial charge in [0.05, 0.1) is 17.7 Å². The van der Waals surface area contributed by atoms with Crippen molar-refractivity contribution in [3.8, 4) is 6.07 Å². The number of methoxy groups -OCH3 is 1. The number of hydrogen-bond donors (Lipinski definition) is 1. The van der Waals surface area contributed by atoms with Crippen LogP contribution in [0.4, 0.5) is 4.39 Å². The van der Waals surface area contributed by atoms with Gasteiger partial charge in [0.15, 0.2) is 0 Å². The van der Waals surface area contributed by atoms with Gasteiger partial charge >= 0.3 is 0 Å². The molecule has 0 bridgehead atoms. The molecule has 0 amide bonds. The van der Waals surface area contributed by atoms with Gasteiger partial charge in [-0.15, -0.1) is 0 Å². The third-order valence-corrected chi connectivity index (χ3v) is 3.48. The molecule has 1 N–H and O–H groups in total. The second-order valence-corrected chi connectivity index (χ2v) is 4.67. The van der Waals surface area contributed by atoms with E-state index in [1.807, 2.05) is 6.07 Å². The molecule has 3 nitrogen and oxygen atoms in total. The fourth-order valence-electron chi connectivity index (χ4n) is 2.35. The Morgan fingerprint density at radius 2 is 2.33 bits per heavy atom. The smallest absolute Gasteiger partial charge is 0.129 e. The van der Waals surface area contributed by atoms with Crippen LogP contribution in [-0.4, -0.2) is 19.3 Å². The summed E-state index contributed by atoms with van der Waals surface area (Å²) < 4.78 is 18.9. The van der Waals surface area contributed by atoms with Crippen LogP contribution >= 0.6 is 0 Å². The summed E-state index contributed by atoms with van der Waals surface area (Å²) in [4.78, 5) is 0. The molecule has 0 aromatic heterocycles. The number of ether oxygens (including phenoxy) is 1. The highest BCUT2D eigenvalue weighted by molar-refractivity contribution is 5.32. The normalized spacial score (nSPS) is 22.9. The van der Waals surface area contributed by atoms with Gasteiger partial charge in [0.1, 0.15) is 5.82 Å². The zero-order valence-corrected chi connectivity index (χ0v) is 10.4. The number of nitrogens with zero attached hydrogens (tertiary/aromatic N) is 1. The molecule has 0 saturated heterocycles. The molecule has 18 heavy (non-hydrogen) atoms. The first-order chi connectivity index (χ1) is 8.72. The van der Waals surface area contributed by atoms with Crippen molar-refractivity contribution in [2.24, 2.45) is 0 Å². The minimum Gasteiger partial charge on any atom is -0.381 e. The van der Waals surface area contributed by atoms with Crippen LogP contribution in [0.3, 0.4) is 0 Å². The Kier molecular flexibility index (Phi) is 4.29. The minimum atomic E-state index is -0.317. The zero-order chi connectivity index (χ0) is 13.0. The highest BCUT2D eigenvalue weighted by Crippen LogP contribution is 2.22. The Labute approximate surface area is 107 Å². The maximum atomic E-state index is 13.6. The Bertz CT molecular complexity index is 456. The minimum absolute atomic E-state index is 0.317. The van der Waals surface area contributed by atoms with E-state index in [0.29, 0.717) is 29.8 Å². The van der Waals surface area contributed by atoms with Crippen LogP contribution in [0.15, 0.2) is 18.2 Å². The predicted molar refractivity (Wildman–Crippen MR) is 66.4 cm³/mol. The molecule has 1 saturated carbocycles. The lowest BCUT2D eigenvalue weighted by Crippen LogP contribution is -2.27. The van der Waals surface area contributed by atoms with Gasteiger partial charge in [-0.05, 0) is 31.4 Å². The van der Waals surface area contributed by atoms with Gasteiger partial charge in [0.2, 0.25) is 0 Å². The molecule has 2 rings (SSSR count). The average Bonchev–Trinajstić information content (AvgIpc) is 2.85. The van der Waals surface area contributed by atoms with Crippen LogP contribution in [0.2, 0.25) is 0 Å². The molecule has 1 aromatic carbocycles. The van der Waals surface area contributed by atoms with Gasteiger partial charge in [-0.25, -0.2) is 4.39 Å². The molecular formula is C14H17FN2O. The molecule has 2 atom stereocenters. The average molecular weight is 248 g/mol. The first-order valence-electron chi connectivity index (χ1n) is 6.17. The Morgan fingerprint density at radius 1 is 1.50 bits per heavy atom. The second kappa shape index (κ2) is 5.94. The first-order valence-corrected chi connectivity index (χ1v) is 6.17. The zero-order valence-electron chi connectivity index (χ0n) is 10.4. The largest absolute Gasteiger partial charge is 0.381 e. The number of hydrogen-bond acceptors (Lipinski definition) is 3. The number of benzene rings is 1. The maximum absolute atomic E-state index is 13.6. The lowest BCUT2D eigenvalue weighted by Gasteiger charge is -2.13. The summed E-state index contributed by atoms with van der Waals surface area (Å²) in [6.45, 7) is 0.499. The molecule has 2 unspecified atom stereocenters. The highest BCUT2D eigenvalue weighted by atomic mass is 19.1. The molecular weight excluding hydrogens is 231 g/mol. The van der Waals surface area contributed by atoms with Crippen LogP contribution in [0.1, 0.15) is 30.4 Å². The Balaban J connectivity index is 1.89. The van der Waals surface area contributed by atoms with E-state index in [9.17, 15) is 4.39 Å². The van der Waals surface area contributed by atoms with Gasteiger partial charge in [0, 0.05) is 25.3 Å². The lowest BCUT2D eigenvalue weighted by atomic mass is 10.1. The first kappa shape index (κ1) is 13.0. The highest BCUT2D eigenvalue weighted by Gasteiger charge is 2.23. The van der Waals surface area contributed by atoms with Crippen molar-refractivity contribution in [3.63, 3.8) is 0 Å². The molecule has 4 heteroatoms. The summed E-state index contributed by atoms with van der Waals surface area (Å²) in [5.41, 5.74) is 0.964. The fourth-order valence-corrected chi connectivity index (χ4v) is 2.35. The quantitative estimate of drug-likeness (QED) is 0.889. The van der Waals surface area contributed by atoms with E-state index in [2.05, 4.69) is 5.32 Å². The molecule has 0 radical (unpaired) electrons. The summed E-state index contributed by atoms with van der Waals surface area (Å²) in [6.07, 6.45) is 3.43. The van der Waals surface area contributed by atoms with Crippen LogP contribution in [0.25, 0.3) is 0 Å². The van der Waals surface area contributed by atoms with Crippen LogP contribution < -0.4 is 5.32 Å². The van der Waals surface area contributed by atoms with Crippen molar-refractivity contribution < 1.29 is 9.13 Å². The Hall–Kier alpha value is -1.44. The summed E-state index contributed by atoms with van der Waals surface area (Å²) in [6, 6.07) is 6.92. The number of nitriles is 1. The van der Waals surface area contributed by atoms with E-state index in [1.165, 1.54) is 6.07 Å². The molecule has 1 aliphatic carbocycles. The van der Waals surface area contributed by atoms with Gasteiger partial charge in [0.25, 0.3) is 0 Å². The number of halogens is 1. The standard InChI is InChI=1S/C14H17FN2O/c1-18-13-5-4-12(7-13)17-9-11-3-2-10(8-16)6-14(11)15/h2-3,6,12-13,17H,4-5,7,9H2,1H3. The van der Waals surface area contributed by atoms with Crippen LogP contribution in [0, 0.1) is 17.1 Å². The van der Waals surface area contributed by atoms with Crippen molar-refractivity contribution in [1.82, 2.24) is 5.32 Å². The maximum Gasteiger partial charge on any atom is 0.129 e. The van der Waals surface area contributed by atoms with Crippen LogP contribution in [0.5, 0.6) is 0 Å². The predicted octanol–water partition coefficient (Wildman–Crippen LogP) is 2.35. The van der Waals surface area contributed by atoms with E-state index in [-0.39, 0.29) is 5.82 Å². The third-order valence-electron chi connectivity index (χ3n) is 3.48. The van der Waals surface area contributed by atoms with Crippen molar-refractivity contribution in [3.05, 3.63) is 35.1 Å². The van der Waals surface area contributed by atoms with E-state index < -0.39 is 0 Å². The summed E-state index contributed by atoms with van der Waals surface area (Å²) in [5.74, 6) is -0.317. The van der Waals surface area contributed by atoms with Crippen molar-refractivity contribution in [2.45, 2.75) is 38.0 Å². The lowest BCUT2D eigenvalue weighted by molar-refractivity contribution is 0.107. The topological polar surface area (TPSA) is 45.0 Å². The molecule has 1 aromatic rings. The van der Waals surface area contributed by atoms with Gasteiger partial charge < -0.3 is 10.1 Å². The van der Waals surface area contributed by atoms with E-state index in [4.69, 9.17) is 10.00 Å². The van der Waals surface area contributed by atoms with Crippen LogP contribution in [-0.2, 0) is 11.3 Å². The SMILES string of the molecule is COC1CCC(NCc2ccc(C#N)cc2F)C1. The summed E-state index contributed by atoms with van der Waals surface area (Å²) in [7, 11) is 1.73. The monoisotopic (exact) mass is 248 g/mol. The van der Waals surface area contributed by atoms with E-state index >= 15 is 0 Å². The third kappa shape index (κ3) is 3.06. The second-order valence-electron chi connectivity index (χ2n) is 4.67. The van der Waals surface area contributed by atoms with E-state index in [0.717, 1.165) is 19.3 Å². The summed E-state index contributed by atoms with van der Waals surface area (Å²) >= 11 is 0. The Morgan fingerprint density at radius 3 is 2.94 bits per heavy atom. The fraction of sp³-hybridized carbons (Fsp3) is 0.500. The molecule has 0 spiro atoms. The molecule has 1 aliphatic rings. The molecule has 1 fully saturated rings. The summed E-state index contributed by atoms with van der Waals surface area (Å²) in [5, 5.41) is 12.0. The van der Waals surface area contributed by atoms with Crippen molar-refractivity contribution in [2.75, 3.05) is 7.11 Å². The molecule has 0 aliphatic heterocycles. The van der Waals surface area contributed by atoms with Crippen molar-refractivity contribution >= 4 is 0 Å². The van der Waals surface area contributed by atoms with Gasteiger partial charge in [-0.3, -0.25) is 0 Å². The number of nitrogens with one attached hydrogen (secondary N) is 1. The van der Waals surface area contributed by atoms with Gasteiger partial charge in [-0.1, -0.05) is 6.07 Å². The van der Waals surface area contributed by atoms with Gasteiger partial charge in [-0.2, -0.15) is 5.26 Å². The van der Waals surface area contributed by atoms with Crippen molar-refractivity contribution in [1.29, 1.82) is 5.26 Å². The number of rotatable bonds is 4. The molecule has 0 heterocycles. The van der Waals surface area contributed by atoms with E-state index in [1.54, 1.807) is 19.2 Å².